The Balaban J connectivity index is 1.69. The van der Waals surface area contributed by atoms with Crippen molar-refractivity contribution >= 4 is 23.6 Å². The van der Waals surface area contributed by atoms with Crippen LogP contribution in [0.2, 0.25) is 0 Å². The minimum Gasteiger partial charge on any atom is -0.490 e. The maximum absolute atomic E-state index is 13.0. The lowest BCUT2D eigenvalue weighted by Crippen LogP contribution is -2.49. The third-order valence-corrected chi connectivity index (χ3v) is 5.27. The summed E-state index contributed by atoms with van der Waals surface area (Å²) in [4.78, 5) is 28.5. The van der Waals surface area contributed by atoms with Crippen molar-refractivity contribution < 1.29 is 23.8 Å². The smallest absolute Gasteiger partial charge is 0.344 e. The van der Waals surface area contributed by atoms with Gasteiger partial charge in [-0.25, -0.2) is 4.79 Å². The van der Waals surface area contributed by atoms with Crippen LogP contribution in [0.1, 0.15) is 19.4 Å². The summed E-state index contributed by atoms with van der Waals surface area (Å²) in [7, 11) is 0. The molecule has 0 saturated carbocycles. The normalized spacial score (nSPS) is 13.7. The number of hydrogen-bond donors (Lipinski definition) is 0. The van der Waals surface area contributed by atoms with E-state index in [1.807, 2.05) is 43.3 Å². The molecule has 1 saturated heterocycles. The largest absolute Gasteiger partial charge is 0.490 e. The van der Waals surface area contributed by atoms with E-state index in [2.05, 4.69) is 4.90 Å². The number of anilines is 1. The Morgan fingerprint density at radius 2 is 1.71 bits per heavy atom. The summed E-state index contributed by atoms with van der Waals surface area (Å²) in [5.41, 5.74) is 1.80. The van der Waals surface area contributed by atoms with Gasteiger partial charge >= 0.3 is 5.97 Å². The molecule has 0 unspecified atom stereocenters. The first kappa shape index (κ1) is 24.6. The number of nitrogens with zero attached hydrogens (tertiary/aromatic N) is 3. The van der Waals surface area contributed by atoms with Gasteiger partial charge in [-0.05, 0) is 49.8 Å². The number of hydrogen-bond acceptors (Lipinski definition) is 7. The maximum atomic E-state index is 13.0. The minimum atomic E-state index is -0.473. The number of esters is 1. The number of nitriles is 1. The second-order valence-corrected chi connectivity index (χ2v) is 7.52. The molecular weight excluding hydrogens is 434 g/mol. The monoisotopic (exact) mass is 463 g/mol. The van der Waals surface area contributed by atoms with Gasteiger partial charge in [-0.15, -0.1) is 0 Å². The van der Waals surface area contributed by atoms with E-state index in [1.54, 1.807) is 36.1 Å². The third kappa shape index (κ3) is 6.51. The summed E-state index contributed by atoms with van der Waals surface area (Å²) in [6, 6.07) is 17.1. The number of ether oxygens (including phenoxy) is 3. The lowest BCUT2D eigenvalue weighted by Gasteiger charge is -2.36. The first-order valence-electron chi connectivity index (χ1n) is 11.3. The van der Waals surface area contributed by atoms with Crippen LogP contribution in [0.4, 0.5) is 5.69 Å². The Morgan fingerprint density at radius 1 is 0.971 bits per heavy atom. The quantitative estimate of drug-likeness (QED) is 0.320. The molecule has 2 aromatic carbocycles. The van der Waals surface area contributed by atoms with Gasteiger partial charge in [0.2, 0.25) is 0 Å². The van der Waals surface area contributed by atoms with Crippen LogP contribution >= 0.6 is 0 Å². The van der Waals surface area contributed by atoms with Crippen LogP contribution in [0.25, 0.3) is 6.08 Å². The zero-order valence-electron chi connectivity index (χ0n) is 19.5. The van der Waals surface area contributed by atoms with E-state index < -0.39 is 5.97 Å². The summed E-state index contributed by atoms with van der Waals surface area (Å²) in [6.07, 6.45) is 1.55. The molecule has 1 aliphatic rings. The van der Waals surface area contributed by atoms with Gasteiger partial charge in [0.1, 0.15) is 11.6 Å². The standard InChI is InChI=1S/C26H29N3O5/c1-3-32-24-17-20(10-11-23(24)34-19-25(30)33-4-2)16-21(18-27)26(31)29-14-12-28(13-15-29)22-8-6-5-7-9-22/h5-11,16-17H,3-4,12-15,19H2,1-2H3/b21-16-. The van der Waals surface area contributed by atoms with Gasteiger partial charge in [-0.1, -0.05) is 24.3 Å². The van der Waals surface area contributed by atoms with E-state index in [1.165, 1.54) is 0 Å². The van der Waals surface area contributed by atoms with Gasteiger partial charge in [-0.2, -0.15) is 5.26 Å². The average molecular weight is 464 g/mol. The summed E-state index contributed by atoms with van der Waals surface area (Å²) in [5, 5.41) is 9.66. The van der Waals surface area contributed by atoms with Crippen molar-refractivity contribution in [2.45, 2.75) is 13.8 Å². The number of amides is 1. The van der Waals surface area contributed by atoms with Crippen molar-refractivity contribution in [3.05, 3.63) is 59.7 Å². The molecule has 2 aromatic rings. The molecule has 0 aromatic heterocycles. The first-order valence-corrected chi connectivity index (χ1v) is 11.3. The lowest BCUT2D eigenvalue weighted by atomic mass is 10.1. The Bertz CT molecular complexity index is 1050. The van der Waals surface area contributed by atoms with Crippen LogP contribution in [0.5, 0.6) is 11.5 Å². The number of carbonyl (C=O) groups is 2. The molecule has 1 amide bonds. The van der Waals surface area contributed by atoms with Gasteiger partial charge < -0.3 is 24.0 Å². The van der Waals surface area contributed by atoms with E-state index in [0.29, 0.717) is 49.8 Å². The molecular formula is C26H29N3O5. The van der Waals surface area contributed by atoms with Crippen LogP contribution in [0.3, 0.4) is 0 Å². The van der Waals surface area contributed by atoms with Crippen molar-refractivity contribution in [3.63, 3.8) is 0 Å². The van der Waals surface area contributed by atoms with Crippen LogP contribution < -0.4 is 14.4 Å². The fourth-order valence-electron chi connectivity index (χ4n) is 3.63. The van der Waals surface area contributed by atoms with Crippen molar-refractivity contribution in [1.29, 1.82) is 5.26 Å². The molecule has 1 fully saturated rings. The van der Waals surface area contributed by atoms with E-state index in [-0.39, 0.29) is 24.7 Å². The van der Waals surface area contributed by atoms with E-state index in [9.17, 15) is 14.9 Å². The molecule has 178 valence electrons. The van der Waals surface area contributed by atoms with Crippen molar-refractivity contribution in [1.82, 2.24) is 4.90 Å². The highest BCUT2D eigenvalue weighted by molar-refractivity contribution is 6.01. The highest BCUT2D eigenvalue weighted by Crippen LogP contribution is 2.29. The molecule has 0 aliphatic carbocycles. The molecule has 0 radical (unpaired) electrons. The van der Waals surface area contributed by atoms with Crippen molar-refractivity contribution in [2.75, 3.05) is 50.9 Å². The first-order chi connectivity index (χ1) is 16.5. The molecule has 8 nitrogen and oxygen atoms in total. The van der Waals surface area contributed by atoms with Gasteiger partial charge in [-0.3, -0.25) is 4.79 Å². The zero-order chi connectivity index (χ0) is 24.3. The average Bonchev–Trinajstić information content (AvgIpc) is 2.87. The van der Waals surface area contributed by atoms with E-state index in [0.717, 1.165) is 5.69 Å². The zero-order valence-corrected chi connectivity index (χ0v) is 19.5. The lowest BCUT2D eigenvalue weighted by molar-refractivity contribution is -0.145. The predicted octanol–water partition coefficient (Wildman–Crippen LogP) is 3.28. The third-order valence-electron chi connectivity index (χ3n) is 5.27. The van der Waals surface area contributed by atoms with Gasteiger partial charge in [0, 0.05) is 31.9 Å². The molecule has 0 spiro atoms. The Labute approximate surface area is 199 Å². The van der Waals surface area contributed by atoms with E-state index in [4.69, 9.17) is 14.2 Å². The van der Waals surface area contributed by atoms with Crippen LogP contribution in [-0.4, -0.2) is 62.8 Å². The second-order valence-electron chi connectivity index (χ2n) is 7.52. The van der Waals surface area contributed by atoms with Gasteiger partial charge in [0.25, 0.3) is 5.91 Å². The fourth-order valence-corrected chi connectivity index (χ4v) is 3.63. The number of rotatable bonds is 9. The van der Waals surface area contributed by atoms with Crippen LogP contribution in [0.15, 0.2) is 54.1 Å². The molecule has 34 heavy (non-hydrogen) atoms. The molecule has 1 heterocycles. The molecule has 3 rings (SSSR count). The Kier molecular flexibility index (Phi) is 8.92. The number of benzene rings is 2. The predicted molar refractivity (Wildman–Crippen MR) is 129 cm³/mol. The second kappa shape index (κ2) is 12.3. The van der Waals surface area contributed by atoms with Gasteiger partial charge in [0.05, 0.1) is 13.2 Å². The summed E-state index contributed by atoms with van der Waals surface area (Å²) < 4.78 is 16.0. The number of piperazine rings is 1. The van der Waals surface area contributed by atoms with Crippen LogP contribution in [0, 0.1) is 11.3 Å². The highest BCUT2D eigenvalue weighted by atomic mass is 16.6. The van der Waals surface area contributed by atoms with Crippen LogP contribution in [-0.2, 0) is 14.3 Å². The molecule has 0 N–H and O–H groups in total. The highest BCUT2D eigenvalue weighted by Gasteiger charge is 2.24. The van der Waals surface area contributed by atoms with E-state index >= 15 is 0 Å². The fraction of sp³-hybridized carbons (Fsp3) is 0.346. The Hall–Kier alpha value is -3.99. The molecule has 0 atom stereocenters. The molecule has 8 heteroatoms. The molecule has 0 bridgehead atoms. The number of para-hydroxylation sites is 1. The topological polar surface area (TPSA) is 92.1 Å². The number of carbonyl (C=O) groups excluding carboxylic acids is 2. The SMILES string of the molecule is CCOC(=O)COc1ccc(/C=C(/C#N)C(=O)N2CCN(c3ccccc3)CC2)cc1OCC. The molecule has 1 aliphatic heterocycles. The summed E-state index contributed by atoms with van der Waals surface area (Å²) >= 11 is 0. The van der Waals surface area contributed by atoms with Crippen molar-refractivity contribution in [3.8, 4) is 17.6 Å². The summed E-state index contributed by atoms with van der Waals surface area (Å²) in [6.45, 7) is 6.47. The Morgan fingerprint density at radius 3 is 2.35 bits per heavy atom. The maximum Gasteiger partial charge on any atom is 0.344 e. The minimum absolute atomic E-state index is 0.0517. The van der Waals surface area contributed by atoms with Crippen molar-refractivity contribution in [2.24, 2.45) is 0 Å². The summed E-state index contributed by atoms with van der Waals surface area (Å²) in [5.74, 6) is 0.0325. The van der Waals surface area contributed by atoms with Gasteiger partial charge in [0.15, 0.2) is 18.1 Å².